The van der Waals surface area contributed by atoms with Crippen LogP contribution in [0, 0.1) is 0 Å². The highest BCUT2D eigenvalue weighted by molar-refractivity contribution is 6.32. The molecule has 0 amide bonds. The van der Waals surface area contributed by atoms with Gasteiger partial charge in [0.2, 0.25) is 0 Å². The maximum Gasteiger partial charge on any atom is 0.417 e. The third-order valence-electron chi connectivity index (χ3n) is 6.69. The molecule has 0 saturated carbocycles. The fourth-order valence-electron chi connectivity index (χ4n) is 4.50. The molecule has 0 fully saturated rings. The summed E-state index contributed by atoms with van der Waals surface area (Å²) in [5, 5.41) is 8.95. The average molecular weight is 565 g/mol. The number of alkyl halides is 3. The van der Waals surface area contributed by atoms with Gasteiger partial charge in [0.15, 0.2) is 0 Å². The van der Waals surface area contributed by atoms with Crippen LogP contribution in [0.5, 0.6) is 0 Å². The number of rotatable bonds is 7. The summed E-state index contributed by atoms with van der Waals surface area (Å²) in [6.45, 7) is 5.24. The summed E-state index contributed by atoms with van der Waals surface area (Å²) in [5.41, 5.74) is -3.32. The van der Waals surface area contributed by atoms with Crippen molar-refractivity contribution >= 4 is 28.6 Å². The molecule has 4 rings (SSSR count). The number of carboxylic acids is 1. The van der Waals surface area contributed by atoms with Crippen molar-refractivity contribution in [1.29, 1.82) is 0 Å². The Kier molecular flexibility index (Phi) is 7.35. The van der Waals surface area contributed by atoms with Crippen LogP contribution < -0.4 is 16.9 Å². The van der Waals surface area contributed by atoms with E-state index in [0.29, 0.717) is 28.6 Å². The molecule has 0 aliphatic rings. The van der Waals surface area contributed by atoms with Gasteiger partial charge in [0.05, 0.1) is 33.9 Å². The predicted molar refractivity (Wildman–Crippen MR) is 139 cm³/mol. The fraction of sp³-hybridized carbons (Fsp3) is 0.308. The van der Waals surface area contributed by atoms with Crippen LogP contribution in [0.3, 0.4) is 0 Å². The molecule has 2 aromatic carbocycles. The molecule has 0 aliphatic heterocycles. The maximum absolute atomic E-state index is 13.5. The molecule has 0 bridgehead atoms. The second-order valence-corrected chi connectivity index (χ2v) is 9.37. The number of hydrogen-bond donors (Lipinski definition) is 1. The highest BCUT2D eigenvalue weighted by Crippen LogP contribution is 2.36. The molecule has 0 saturated heterocycles. The molecule has 1 atom stereocenters. The predicted octanol–water partition coefficient (Wildman–Crippen LogP) is 4.53. The Balaban J connectivity index is 1.97. The Bertz CT molecular complexity index is 1780. The third-order valence-corrected chi connectivity index (χ3v) is 7.13. The number of aromatic nitrogens is 4. The molecule has 39 heavy (non-hydrogen) atoms. The smallest absolute Gasteiger partial charge is 0.417 e. The van der Waals surface area contributed by atoms with E-state index in [4.69, 9.17) is 11.6 Å². The van der Waals surface area contributed by atoms with Gasteiger partial charge in [0.1, 0.15) is 5.56 Å². The van der Waals surface area contributed by atoms with E-state index in [1.165, 1.54) is 22.8 Å². The summed E-state index contributed by atoms with van der Waals surface area (Å²) in [7, 11) is 0. The van der Waals surface area contributed by atoms with Crippen LogP contribution >= 0.6 is 11.6 Å². The van der Waals surface area contributed by atoms with Crippen LogP contribution in [0.2, 0.25) is 5.02 Å². The van der Waals surface area contributed by atoms with Gasteiger partial charge in [-0.3, -0.25) is 23.1 Å². The first kappa shape index (κ1) is 28.0. The second kappa shape index (κ2) is 10.3. The van der Waals surface area contributed by atoms with Gasteiger partial charge in [-0.2, -0.15) is 13.2 Å². The minimum Gasteiger partial charge on any atom is -0.477 e. The summed E-state index contributed by atoms with van der Waals surface area (Å²) < 4.78 is 44.6. The summed E-state index contributed by atoms with van der Waals surface area (Å²) in [5.74, 6) is -1.63. The van der Waals surface area contributed by atoms with Crippen molar-refractivity contribution < 1.29 is 23.1 Å². The number of fused-ring (bicyclic) bond motifs is 1. The van der Waals surface area contributed by atoms with Gasteiger partial charge < -0.3 is 5.11 Å². The van der Waals surface area contributed by atoms with Crippen LogP contribution in [-0.4, -0.2) is 29.3 Å². The molecule has 1 N–H and O–H groups in total. The zero-order valence-corrected chi connectivity index (χ0v) is 21.9. The molecule has 9 nitrogen and oxygen atoms in total. The number of benzene rings is 2. The molecule has 13 heteroatoms. The highest BCUT2D eigenvalue weighted by Gasteiger charge is 2.34. The zero-order chi connectivity index (χ0) is 28.8. The monoisotopic (exact) mass is 564 g/mol. The molecule has 206 valence electrons. The van der Waals surface area contributed by atoms with Gasteiger partial charge in [-0.25, -0.2) is 14.4 Å². The summed E-state index contributed by atoms with van der Waals surface area (Å²) >= 11 is 5.97. The molecule has 0 spiro atoms. The van der Waals surface area contributed by atoms with Crippen molar-refractivity contribution in [3.05, 3.63) is 95.6 Å². The lowest BCUT2D eigenvalue weighted by atomic mass is 10.1. The molecule has 0 radical (unpaired) electrons. The first-order chi connectivity index (χ1) is 18.3. The topological polar surface area (TPSA) is 108 Å². The van der Waals surface area contributed by atoms with E-state index in [2.05, 4.69) is 0 Å². The molecule has 2 aromatic heterocycles. The van der Waals surface area contributed by atoms with Gasteiger partial charge in [-0.05, 0) is 50.1 Å². The minimum absolute atomic E-state index is 0.112. The Hall–Kier alpha value is -4.06. The number of imidazole rings is 1. The van der Waals surface area contributed by atoms with E-state index in [9.17, 15) is 37.5 Å². The number of aryl methyl sites for hydroxylation is 1. The Labute approximate surface area is 223 Å². The lowest BCUT2D eigenvalue weighted by Gasteiger charge is -2.15. The lowest BCUT2D eigenvalue weighted by molar-refractivity contribution is -0.137. The number of carboxylic acid groups (broad SMARTS) is 1. The van der Waals surface area contributed by atoms with E-state index < -0.39 is 46.1 Å². The van der Waals surface area contributed by atoms with Gasteiger partial charge in [-0.1, -0.05) is 30.7 Å². The second-order valence-electron chi connectivity index (χ2n) is 9.00. The minimum atomic E-state index is -4.78. The van der Waals surface area contributed by atoms with Crippen molar-refractivity contribution in [3.63, 3.8) is 0 Å². The summed E-state index contributed by atoms with van der Waals surface area (Å²) in [4.78, 5) is 51.4. The lowest BCUT2D eigenvalue weighted by Crippen LogP contribution is -2.42. The van der Waals surface area contributed by atoms with Crippen LogP contribution in [0.1, 0.15) is 54.7 Å². The Morgan fingerprint density at radius 2 is 1.72 bits per heavy atom. The normalized spacial score (nSPS) is 12.7. The SMILES string of the molecule is CCC(C)n1c(=O)n(CC)c2cc(-n3cc(C(=O)O)c(=O)n(Cc4cccc(C(F)(F)F)c4Cl)c3=O)ccc21. The first-order valence-electron chi connectivity index (χ1n) is 12.0. The number of carbonyl (C=O) groups is 1. The molecule has 1 unspecified atom stereocenters. The van der Waals surface area contributed by atoms with Crippen molar-refractivity contribution in [3.8, 4) is 5.69 Å². The maximum atomic E-state index is 13.5. The van der Waals surface area contributed by atoms with E-state index in [-0.39, 0.29) is 23.0 Å². The van der Waals surface area contributed by atoms with Crippen molar-refractivity contribution in [2.75, 3.05) is 0 Å². The molecular weight excluding hydrogens is 541 g/mol. The number of halogens is 4. The van der Waals surface area contributed by atoms with Crippen molar-refractivity contribution in [2.24, 2.45) is 0 Å². The van der Waals surface area contributed by atoms with E-state index in [1.54, 1.807) is 17.6 Å². The first-order valence-corrected chi connectivity index (χ1v) is 12.4. The largest absolute Gasteiger partial charge is 0.477 e. The number of aromatic carboxylic acids is 1. The van der Waals surface area contributed by atoms with Gasteiger partial charge in [-0.15, -0.1) is 0 Å². The van der Waals surface area contributed by atoms with E-state index in [1.807, 2.05) is 13.8 Å². The van der Waals surface area contributed by atoms with E-state index in [0.717, 1.165) is 22.9 Å². The van der Waals surface area contributed by atoms with Crippen LogP contribution in [-0.2, 0) is 19.3 Å². The Morgan fingerprint density at radius 1 is 1.03 bits per heavy atom. The van der Waals surface area contributed by atoms with Crippen LogP contribution in [0.25, 0.3) is 16.7 Å². The molecule has 4 aromatic rings. The zero-order valence-electron chi connectivity index (χ0n) is 21.1. The van der Waals surface area contributed by atoms with Gasteiger partial charge in [0, 0.05) is 18.8 Å². The summed E-state index contributed by atoms with van der Waals surface area (Å²) in [6.07, 6.45) is -3.23. The quantitative estimate of drug-likeness (QED) is 0.355. The number of hydrogen-bond acceptors (Lipinski definition) is 4. The Morgan fingerprint density at radius 3 is 2.31 bits per heavy atom. The van der Waals surface area contributed by atoms with Gasteiger partial charge >= 0.3 is 23.5 Å². The highest BCUT2D eigenvalue weighted by atomic mass is 35.5. The van der Waals surface area contributed by atoms with Gasteiger partial charge in [0.25, 0.3) is 5.56 Å². The van der Waals surface area contributed by atoms with Crippen LogP contribution in [0.4, 0.5) is 13.2 Å². The summed E-state index contributed by atoms with van der Waals surface area (Å²) in [6, 6.07) is 7.58. The standard InChI is InChI=1S/C26H24ClF3N4O5/c1-4-14(3)34-19-10-9-16(11-20(19)31(5-2)25(34)39)32-13-17(23(36)37)22(35)33(24(32)38)12-15-7-6-8-18(21(15)27)26(28,29)30/h6-11,13-14H,4-5,12H2,1-3H3,(H,36,37). The fourth-order valence-corrected chi connectivity index (χ4v) is 4.79. The van der Waals surface area contributed by atoms with Crippen LogP contribution in [0.15, 0.2) is 57.0 Å². The molecule has 0 aliphatic carbocycles. The third kappa shape index (κ3) is 4.80. The number of nitrogens with zero attached hydrogens (tertiary/aromatic N) is 4. The average Bonchev–Trinajstić information content (AvgIpc) is 3.16. The van der Waals surface area contributed by atoms with Crippen molar-refractivity contribution in [2.45, 2.75) is 52.5 Å². The molecule has 2 heterocycles. The van der Waals surface area contributed by atoms with E-state index >= 15 is 0 Å². The van der Waals surface area contributed by atoms with Crippen molar-refractivity contribution in [1.82, 2.24) is 18.3 Å². The molecular formula is C26H24ClF3N4O5.